The van der Waals surface area contributed by atoms with Crippen LogP contribution in [0.1, 0.15) is 33.3 Å². The number of hydrazone groups is 1. The number of hydrogen-bond donors (Lipinski definition) is 2. The van der Waals surface area contributed by atoms with Crippen LogP contribution in [-0.4, -0.2) is 41.7 Å². The Morgan fingerprint density at radius 1 is 1.04 bits per heavy atom. The van der Waals surface area contributed by atoms with Gasteiger partial charge in [-0.2, -0.15) is 5.10 Å². The van der Waals surface area contributed by atoms with Gasteiger partial charge in [0.2, 0.25) is 0 Å². The number of aromatic amines is 1. The first-order valence-corrected chi connectivity index (χ1v) is 14.6. The van der Waals surface area contributed by atoms with Gasteiger partial charge in [0.1, 0.15) is 11.4 Å². The number of amides is 1. The number of nitro benzene ring substituents is 1. The Bertz CT molecular complexity index is 1960. The molecule has 45 heavy (non-hydrogen) atoms. The maximum absolute atomic E-state index is 13.5. The van der Waals surface area contributed by atoms with Gasteiger partial charge in [-0.15, -0.1) is 0 Å². The lowest BCUT2D eigenvalue weighted by molar-refractivity contribution is -0.384. The van der Waals surface area contributed by atoms with Crippen LogP contribution in [0.5, 0.6) is 17.2 Å². The zero-order valence-corrected chi connectivity index (χ0v) is 26.1. The maximum atomic E-state index is 13.5. The number of carbonyl (C=O) groups excluding carboxylic acids is 2. The molecule has 1 amide bonds. The van der Waals surface area contributed by atoms with Crippen molar-refractivity contribution in [1.82, 2.24) is 10.4 Å². The molecule has 13 heteroatoms. The molecule has 0 radical (unpaired) electrons. The number of fused-ring (bicyclic) bond motifs is 1. The summed E-state index contributed by atoms with van der Waals surface area (Å²) in [5, 5.41) is 16.2. The van der Waals surface area contributed by atoms with Crippen molar-refractivity contribution in [3.8, 4) is 28.4 Å². The molecule has 1 heterocycles. The quantitative estimate of drug-likeness (QED) is 0.0506. The number of rotatable bonds is 10. The van der Waals surface area contributed by atoms with Gasteiger partial charge in [0.25, 0.3) is 11.6 Å². The average Bonchev–Trinajstić information content (AvgIpc) is 3.44. The molecule has 5 aromatic rings. The fourth-order valence-electron chi connectivity index (χ4n) is 4.57. The van der Waals surface area contributed by atoms with Crippen LogP contribution in [0.3, 0.4) is 0 Å². The van der Waals surface area contributed by atoms with E-state index in [4.69, 9.17) is 25.8 Å². The second-order valence-electron chi connectivity index (χ2n) is 9.39. The highest BCUT2D eigenvalue weighted by molar-refractivity contribution is 9.10. The summed E-state index contributed by atoms with van der Waals surface area (Å²) in [6.45, 7) is 2.05. The van der Waals surface area contributed by atoms with Crippen LogP contribution < -0.4 is 19.6 Å². The van der Waals surface area contributed by atoms with Gasteiger partial charge in [-0.25, -0.2) is 10.2 Å². The summed E-state index contributed by atoms with van der Waals surface area (Å²) in [5.74, 6) is -0.290. The first-order valence-electron chi connectivity index (χ1n) is 13.4. The highest BCUT2D eigenvalue weighted by Crippen LogP contribution is 2.43. The number of carbonyl (C=O) groups is 2. The molecular weight excluding hydrogens is 668 g/mol. The minimum atomic E-state index is -0.713. The van der Waals surface area contributed by atoms with Crippen LogP contribution >= 0.6 is 27.5 Å². The van der Waals surface area contributed by atoms with Crippen LogP contribution in [-0.2, 0) is 0 Å². The fraction of sp³-hybridized carbons (Fsp3) is 0.0938. The monoisotopic (exact) mass is 690 g/mol. The first-order chi connectivity index (χ1) is 21.7. The number of nitro groups is 1. The summed E-state index contributed by atoms with van der Waals surface area (Å²) >= 11 is 10.1. The first kappa shape index (κ1) is 31.2. The van der Waals surface area contributed by atoms with Crippen molar-refractivity contribution in [1.29, 1.82) is 0 Å². The summed E-state index contributed by atoms with van der Waals surface area (Å²) in [7, 11) is 1.54. The van der Waals surface area contributed by atoms with E-state index in [-0.39, 0.29) is 35.1 Å². The van der Waals surface area contributed by atoms with Gasteiger partial charge in [-0.1, -0.05) is 45.7 Å². The van der Waals surface area contributed by atoms with Crippen LogP contribution in [0.15, 0.2) is 88.4 Å². The van der Waals surface area contributed by atoms with Gasteiger partial charge in [-0.05, 0) is 61.0 Å². The van der Waals surface area contributed by atoms with E-state index < -0.39 is 16.8 Å². The predicted octanol–water partition coefficient (Wildman–Crippen LogP) is 7.55. The third kappa shape index (κ3) is 6.66. The summed E-state index contributed by atoms with van der Waals surface area (Å²) in [5.41, 5.74) is 5.14. The number of H-pyrrole nitrogens is 1. The van der Waals surface area contributed by atoms with Gasteiger partial charge in [0.15, 0.2) is 11.5 Å². The van der Waals surface area contributed by atoms with Crippen molar-refractivity contribution in [2.45, 2.75) is 6.92 Å². The normalized spacial score (nSPS) is 11.0. The number of hydrogen-bond acceptors (Lipinski definition) is 8. The van der Waals surface area contributed by atoms with Gasteiger partial charge >= 0.3 is 5.97 Å². The fourth-order valence-corrected chi connectivity index (χ4v) is 5.33. The molecule has 0 saturated carbocycles. The van der Waals surface area contributed by atoms with E-state index in [0.717, 1.165) is 9.86 Å². The summed E-state index contributed by atoms with van der Waals surface area (Å²) in [4.78, 5) is 39.6. The number of halogens is 2. The van der Waals surface area contributed by atoms with Gasteiger partial charge in [-0.3, -0.25) is 14.9 Å². The van der Waals surface area contributed by atoms with E-state index in [9.17, 15) is 19.7 Å². The summed E-state index contributed by atoms with van der Waals surface area (Å²) in [6, 6.07) is 20.6. The second-order valence-corrected chi connectivity index (χ2v) is 10.6. The third-order valence-corrected chi connectivity index (χ3v) is 7.61. The van der Waals surface area contributed by atoms with Crippen LogP contribution in [0, 0.1) is 10.1 Å². The Labute approximate surface area is 270 Å². The van der Waals surface area contributed by atoms with E-state index in [1.807, 2.05) is 18.2 Å². The molecule has 0 aliphatic rings. The number of nitrogens with one attached hydrogen (secondary N) is 2. The lowest BCUT2D eigenvalue weighted by atomic mass is 10.0. The van der Waals surface area contributed by atoms with Crippen LogP contribution in [0.2, 0.25) is 5.02 Å². The van der Waals surface area contributed by atoms with Gasteiger partial charge < -0.3 is 19.2 Å². The van der Waals surface area contributed by atoms with Crippen molar-refractivity contribution in [3.63, 3.8) is 0 Å². The highest BCUT2D eigenvalue weighted by Gasteiger charge is 2.24. The number of esters is 1. The molecule has 11 nitrogen and oxygen atoms in total. The van der Waals surface area contributed by atoms with E-state index in [0.29, 0.717) is 33.0 Å². The van der Waals surface area contributed by atoms with Crippen molar-refractivity contribution in [3.05, 3.63) is 115 Å². The van der Waals surface area contributed by atoms with Gasteiger partial charge in [0, 0.05) is 38.1 Å². The molecule has 0 bridgehead atoms. The molecule has 228 valence electrons. The number of methoxy groups -OCH3 is 1. The molecule has 0 spiro atoms. The number of benzene rings is 4. The summed E-state index contributed by atoms with van der Waals surface area (Å²) in [6.07, 6.45) is 1.41. The molecule has 0 aliphatic heterocycles. The van der Waals surface area contributed by atoms with Crippen LogP contribution in [0.4, 0.5) is 5.69 Å². The van der Waals surface area contributed by atoms with Crippen molar-refractivity contribution < 1.29 is 28.7 Å². The summed E-state index contributed by atoms with van der Waals surface area (Å²) < 4.78 is 17.4. The van der Waals surface area contributed by atoms with E-state index in [1.165, 1.54) is 36.5 Å². The third-order valence-electron chi connectivity index (χ3n) is 6.62. The minimum absolute atomic E-state index is 0.134. The second kappa shape index (κ2) is 13.6. The molecule has 0 saturated heterocycles. The standard InChI is InChI=1S/C32H24BrClN4O7/c1-3-44-26-16-18(8-14-24(26)45-32(40)19-9-11-20(12-10-19)38(41)42)17-35-37-31(39)30-27(21-6-4-5-7-23(21)34)28-22(33)13-15-25(43-2)29(28)36-30/h4-17,36H,3H2,1-2H3,(H,37,39). The largest absolute Gasteiger partial charge is 0.495 e. The number of ether oxygens (including phenoxy) is 3. The number of nitrogens with zero attached hydrogens (tertiary/aromatic N) is 2. The molecule has 4 aromatic carbocycles. The minimum Gasteiger partial charge on any atom is -0.495 e. The molecule has 0 unspecified atom stereocenters. The number of aromatic nitrogens is 1. The van der Waals surface area contributed by atoms with Crippen LogP contribution in [0.25, 0.3) is 22.0 Å². The molecule has 0 atom stereocenters. The molecule has 1 aromatic heterocycles. The molecular formula is C32H24BrClN4O7. The van der Waals surface area contributed by atoms with Crippen molar-refractivity contribution in [2.75, 3.05) is 13.7 Å². The Morgan fingerprint density at radius 2 is 1.78 bits per heavy atom. The van der Waals surface area contributed by atoms with E-state index in [2.05, 4.69) is 31.4 Å². The highest BCUT2D eigenvalue weighted by atomic mass is 79.9. The van der Waals surface area contributed by atoms with Crippen molar-refractivity contribution >= 4 is 62.2 Å². The Hall–Kier alpha value is -5.20. The zero-order chi connectivity index (χ0) is 32.1. The van der Waals surface area contributed by atoms with Crippen molar-refractivity contribution in [2.24, 2.45) is 5.10 Å². The Kier molecular flexibility index (Phi) is 9.45. The molecule has 0 fully saturated rings. The molecule has 2 N–H and O–H groups in total. The maximum Gasteiger partial charge on any atom is 0.343 e. The zero-order valence-electron chi connectivity index (χ0n) is 23.8. The molecule has 0 aliphatic carbocycles. The Balaban J connectivity index is 1.39. The van der Waals surface area contributed by atoms with Gasteiger partial charge in [0.05, 0.1) is 35.9 Å². The predicted molar refractivity (Wildman–Crippen MR) is 174 cm³/mol. The van der Waals surface area contributed by atoms with E-state index in [1.54, 1.807) is 44.4 Å². The topological polar surface area (TPSA) is 145 Å². The Morgan fingerprint density at radius 3 is 2.47 bits per heavy atom. The average molecular weight is 692 g/mol. The van der Waals surface area contributed by atoms with E-state index >= 15 is 0 Å². The molecule has 5 rings (SSSR count). The number of non-ortho nitro benzene ring substituents is 1. The smallest absolute Gasteiger partial charge is 0.343 e. The SMILES string of the molecule is CCOc1cc(C=NNC(=O)c2[nH]c3c(OC)ccc(Br)c3c2-c2ccccc2Cl)ccc1OC(=O)c1ccc([N+](=O)[O-])cc1. The lowest BCUT2D eigenvalue weighted by Crippen LogP contribution is -2.19. The lowest BCUT2D eigenvalue weighted by Gasteiger charge is -2.11.